The van der Waals surface area contributed by atoms with Crippen molar-refractivity contribution in [1.29, 1.82) is 0 Å². The van der Waals surface area contributed by atoms with Crippen LogP contribution in [0.5, 0.6) is 0 Å². The smallest absolute Gasteiger partial charge is 0.315 e. The Morgan fingerprint density at radius 2 is 2.17 bits per heavy atom. The van der Waals surface area contributed by atoms with E-state index in [2.05, 4.69) is 15.6 Å². The van der Waals surface area contributed by atoms with E-state index in [0.29, 0.717) is 0 Å². The highest BCUT2D eigenvalue weighted by atomic mass is 32.1. The van der Waals surface area contributed by atoms with Gasteiger partial charge >= 0.3 is 6.03 Å². The fourth-order valence-electron chi connectivity index (χ4n) is 2.26. The molecular weight excluding hydrogens is 310 g/mol. The molecule has 23 heavy (non-hydrogen) atoms. The first-order valence-corrected chi connectivity index (χ1v) is 8.55. The molecule has 0 saturated carbocycles. The van der Waals surface area contributed by atoms with E-state index in [4.69, 9.17) is 0 Å². The highest BCUT2D eigenvalue weighted by molar-refractivity contribution is 7.08. The van der Waals surface area contributed by atoms with Crippen LogP contribution in [0.15, 0.2) is 41.2 Å². The van der Waals surface area contributed by atoms with Gasteiger partial charge in [-0.1, -0.05) is 19.9 Å². The molecule has 6 heteroatoms. The molecule has 2 atom stereocenters. The van der Waals surface area contributed by atoms with Crippen LogP contribution in [0, 0.1) is 5.92 Å². The average Bonchev–Trinajstić information content (AvgIpc) is 3.06. The average molecular weight is 333 g/mol. The molecule has 0 aliphatic rings. The van der Waals surface area contributed by atoms with Gasteiger partial charge in [0.1, 0.15) is 5.60 Å². The molecule has 2 rings (SSSR count). The minimum atomic E-state index is -1.09. The largest absolute Gasteiger partial charge is 0.384 e. The van der Waals surface area contributed by atoms with Gasteiger partial charge in [-0.15, -0.1) is 0 Å². The van der Waals surface area contributed by atoms with Crippen LogP contribution in [0.2, 0.25) is 0 Å². The lowest BCUT2D eigenvalue weighted by Gasteiger charge is -2.25. The predicted octanol–water partition coefficient (Wildman–Crippen LogP) is 3.05. The lowest BCUT2D eigenvalue weighted by Crippen LogP contribution is -2.45. The molecule has 0 bridgehead atoms. The first kappa shape index (κ1) is 17.4. The number of thiophene rings is 1. The van der Waals surface area contributed by atoms with E-state index in [1.807, 2.05) is 48.9 Å². The van der Waals surface area contributed by atoms with Crippen molar-refractivity contribution < 1.29 is 9.90 Å². The highest BCUT2D eigenvalue weighted by Gasteiger charge is 2.25. The van der Waals surface area contributed by atoms with Crippen molar-refractivity contribution in [1.82, 2.24) is 15.6 Å². The number of pyridine rings is 1. The van der Waals surface area contributed by atoms with E-state index in [1.54, 1.807) is 13.1 Å². The number of carbonyl (C=O) groups is 1. The lowest BCUT2D eigenvalue weighted by atomic mass is 9.99. The Balaban J connectivity index is 1.95. The number of amides is 2. The number of carbonyl (C=O) groups excluding carboxylic acids is 1. The second kappa shape index (κ2) is 7.57. The Bertz CT molecular complexity index is 612. The van der Waals surface area contributed by atoms with E-state index in [1.165, 1.54) is 11.3 Å². The maximum absolute atomic E-state index is 12.2. The summed E-state index contributed by atoms with van der Waals surface area (Å²) < 4.78 is 0. The number of urea groups is 1. The van der Waals surface area contributed by atoms with E-state index >= 15 is 0 Å². The van der Waals surface area contributed by atoms with E-state index in [0.717, 1.165) is 11.3 Å². The number of aromatic nitrogens is 1. The van der Waals surface area contributed by atoms with Gasteiger partial charge < -0.3 is 15.7 Å². The topological polar surface area (TPSA) is 74.2 Å². The molecule has 124 valence electrons. The van der Waals surface area contributed by atoms with Crippen molar-refractivity contribution >= 4 is 17.4 Å². The zero-order valence-electron chi connectivity index (χ0n) is 13.6. The van der Waals surface area contributed by atoms with E-state index in [9.17, 15) is 9.90 Å². The summed E-state index contributed by atoms with van der Waals surface area (Å²) in [7, 11) is 0. The van der Waals surface area contributed by atoms with Crippen molar-refractivity contribution in [2.75, 3.05) is 6.54 Å². The maximum Gasteiger partial charge on any atom is 0.315 e. The third-order valence-electron chi connectivity index (χ3n) is 3.70. The maximum atomic E-state index is 12.2. The van der Waals surface area contributed by atoms with Gasteiger partial charge in [-0.2, -0.15) is 11.3 Å². The molecule has 2 aromatic heterocycles. The third kappa shape index (κ3) is 4.77. The van der Waals surface area contributed by atoms with Gasteiger partial charge in [-0.3, -0.25) is 4.98 Å². The number of hydrogen-bond donors (Lipinski definition) is 3. The van der Waals surface area contributed by atoms with Gasteiger partial charge in [0.25, 0.3) is 0 Å². The standard InChI is InChI=1S/C17H23N3O2S/c1-12(2)15(14-6-4-5-8-18-14)20-16(21)19-11-17(3,22)13-7-9-23-10-13/h4-10,12,15,22H,11H2,1-3H3,(H2,19,20,21)/t15-,17-/m1/s1. The van der Waals surface area contributed by atoms with Crippen molar-refractivity contribution in [3.63, 3.8) is 0 Å². The van der Waals surface area contributed by atoms with Gasteiger partial charge in [0.05, 0.1) is 18.3 Å². The number of nitrogens with zero attached hydrogens (tertiary/aromatic N) is 1. The zero-order valence-corrected chi connectivity index (χ0v) is 14.4. The number of aliphatic hydroxyl groups is 1. The van der Waals surface area contributed by atoms with Crippen LogP contribution in [0.25, 0.3) is 0 Å². The highest BCUT2D eigenvalue weighted by Crippen LogP contribution is 2.22. The molecule has 3 N–H and O–H groups in total. The molecule has 2 aromatic rings. The molecule has 0 aliphatic carbocycles. The molecule has 0 saturated heterocycles. The van der Waals surface area contributed by atoms with Crippen LogP contribution in [0.4, 0.5) is 4.79 Å². The Hall–Kier alpha value is -1.92. The number of hydrogen-bond acceptors (Lipinski definition) is 4. The molecule has 0 aromatic carbocycles. The second-order valence-electron chi connectivity index (χ2n) is 6.09. The van der Waals surface area contributed by atoms with Gasteiger partial charge in [-0.25, -0.2) is 4.79 Å². The molecule has 2 heterocycles. The summed E-state index contributed by atoms with van der Waals surface area (Å²) >= 11 is 1.52. The van der Waals surface area contributed by atoms with Crippen LogP contribution >= 0.6 is 11.3 Å². The lowest BCUT2D eigenvalue weighted by molar-refractivity contribution is 0.0596. The van der Waals surface area contributed by atoms with Crippen molar-refractivity contribution in [3.8, 4) is 0 Å². The van der Waals surface area contributed by atoms with Crippen molar-refractivity contribution in [2.24, 2.45) is 5.92 Å². The molecule has 5 nitrogen and oxygen atoms in total. The van der Waals surface area contributed by atoms with E-state index in [-0.39, 0.29) is 24.5 Å². The van der Waals surface area contributed by atoms with Crippen molar-refractivity contribution in [3.05, 3.63) is 52.5 Å². The Morgan fingerprint density at radius 3 is 2.74 bits per heavy atom. The SMILES string of the molecule is CC(C)[C@@H](NC(=O)NC[C@@](C)(O)c1ccsc1)c1ccccn1. The van der Waals surface area contributed by atoms with Gasteiger partial charge in [0.15, 0.2) is 0 Å². The quantitative estimate of drug-likeness (QED) is 0.760. The minimum Gasteiger partial charge on any atom is -0.384 e. The van der Waals surface area contributed by atoms with Crippen LogP contribution in [-0.4, -0.2) is 22.7 Å². The van der Waals surface area contributed by atoms with Crippen LogP contribution in [0.3, 0.4) is 0 Å². The first-order valence-electron chi connectivity index (χ1n) is 7.60. The predicted molar refractivity (Wildman–Crippen MR) is 92.2 cm³/mol. The van der Waals surface area contributed by atoms with Crippen LogP contribution < -0.4 is 10.6 Å². The fourth-order valence-corrected chi connectivity index (χ4v) is 3.04. The van der Waals surface area contributed by atoms with Crippen molar-refractivity contribution in [2.45, 2.75) is 32.4 Å². The molecule has 0 fully saturated rings. The van der Waals surface area contributed by atoms with Crippen LogP contribution in [-0.2, 0) is 5.60 Å². The first-order chi connectivity index (χ1) is 10.9. The molecule has 0 radical (unpaired) electrons. The Labute approximate surface area is 140 Å². The summed E-state index contributed by atoms with van der Waals surface area (Å²) in [5, 5.41) is 19.9. The normalized spacial score (nSPS) is 15.0. The third-order valence-corrected chi connectivity index (χ3v) is 4.38. The number of nitrogens with one attached hydrogen (secondary N) is 2. The van der Waals surface area contributed by atoms with Gasteiger partial charge in [-0.05, 0) is 47.4 Å². The molecule has 0 spiro atoms. The summed E-state index contributed by atoms with van der Waals surface area (Å²) in [6.07, 6.45) is 1.71. The summed E-state index contributed by atoms with van der Waals surface area (Å²) in [4.78, 5) is 16.5. The van der Waals surface area contributed by atoms with Crippen LogP contribution in [0.1, 0.15) is 38.1 Å². The monoisotopic (exact) mass is 333 g/mol. The fraction of sp³-hybridized carbons (Fsp3) is 0.412. The Morgan fingerprint density at radius 1 is 1.39 bits per heavy atom. The molecule has 0 aliphatic heterocycles. The summed E-state index contributed by atoms with van der Waals surface area (Å²) in [6.45, 7) is 5.89. The van der Waals surface area contributed by atoms with Gasteiger partial charge in [0.2, 0.25) is 0 Å². The summed E-state index contributed by atoms with van der Waals surface area (Å²) in [5.41, 5.74) is 0.533. The Kier molecular flexibility index (Phi) is 5.74. The zero-order chi connectivity index (χ0) is 16.9. The molecule has 2 amide bonds. The summed E-state index contributed by atoms with van der Waals surface area (Å²) in [6, 6.07) is 7.01. The molecule has 0 unspecified atom stereocenters. The molecular formula is C17H23N3O2S. The summed E-state index contributed by atoms with van der Waals surface area (Å²) in [5.74, 6) is 0.202. The minimum absolute atomic E-state index is 0.141. The van der Waals surface area contributed by atoms with E-state index < -0.39 is 5.60 Å². The second-order valence-corrected chi connectivity index (χ2v) is 6.87. The van der Waals surface area contributed by atoms with Gasteiger partial charge in [0, 0.05) is 6.20 Å². The number of rotatable bonds is 6.